The minimum atomic E-state index is -0.103. The average Bonchev–Trinajstić information content (AvgIpc) is 3.02. The van der Waals surface area contributed by atoms with E-state index in [1.54, 1.807) is 12.1 Å². The van der Waals surface area contributed by atoms with Crippen molar-refractivity contribution < 1.29 is 4.39 Å². The van der Waals surface area contributed by atoms with Crippen LogP contribution in [0.4, 0.5) is 4.39 Å². The molecule has 0 atom stereocenters. The number of benzene rings is 3. The van der Waals surface area contributed by atoms with E-state index in [4.69, 9.17) is 11.6 Å². The molecular weight excluding hydrogens is 343 g/mol. The van der Waals surface area contributed by atoms with E-state index >= 15 is 4.39 Å². The molecule has 0 spiro atoms. The van der Waals surface area contributed by atoms with Gasteiger partial charge >= 0.3 is 0 Å². The van der Waals surface area contributed by atoms with Gasteiger partial charge in [-0.2, -0.15) is 0 Å². The van der Waals surface area contributed by atoms with Gasteiger partial charge in [-0.1, -0.05) is 73.8 Å². The molecular formula is C24H22ClF. The summed E-state index contributed by atoms with van der Waals surface area (Å²) in [4.78, 5) is 0. The van der Waals surface area contributed by atoms with E-state index < -0.39 is 0 Å². The zero-order chi connectivity index (χ0) is 18.1. The van der Waals surface area contributed by atoms with Gasteiger partial charge in [-0.3, -0.25) is 0 Å². The maximum atomic E-state index is 15.2. The highest BCUT2D eigenvalue weighted by molar-refractivity contribution is 6.30. The van der Waals surface area contributed by atoms with Gasteiger partial charge in [0, 0.05) is 22.6 Å². The first-order valence-electron chi connectivity index (χ1n) is 9.37. The summed E-state index contributed by atoms with van der Waals surface area (Å²) in [5, 5.41) is 0.665. The monoisotopic (exact) mass is 364 g/mol. The zero-order valence-electron chi connectivity index (χ0n) is 15.0. The van der Waals surface area contributed by atoms with Crippen LogP contribution < -0.4 is 0 Å². The van der Waals surface area contributed by atoms with Gasteiger partial charge in [0.2, 0.25) is 0 Å². The number of unbranched alkanes of at least 4 members (excludes halogenated alkanes) is 2. The van der Waals surface area contributed by atoms with Gasteiger partial charge in [-0.25, -0.2) is 4.39 Å². The Morgan fingerprint density at radius 3 is 2.38 bits per heavy atom. The predicted octanol–water partition coefficient (Wildman–Crippen LogP) is 7.45. The molecule has 0 amide bonds. The molecule has 0 N–H and O–H groups in total. The third-order valence-electron chi connectivity index (χ3n) is 5.29. The summed E-state index contributed by atoms with van der Waals surface area (Å²) in [7, 11) is 0. The second kappa shape index (κ2) is 7.25. The average molecular weight is 365 g/mol. The van der Waals surface area contributed by atoms with Crippen LogP contribution in [0, 0.1) is 5.82 Å². The molecule has 0 saturated carbocycles. The molecule has 0 aliphatic heterocycles. The Morgan fingerprint density at radius 1 is 0.885 bits per heavy atom. The molecule has 26 heavy (non-hydrogen) atoms. The zero-order valence-corrected chi connectivity index (χ0v) is 15.7. The number of hydrogen-bond acceptors (Lipinski definition) is 0. The summed E-state index contributed by atoms with van der Waals surface area (Å²) in [5.41, 5.74) is 7.17. The Hall–Kier alpha value is -2.12. The molecule has 2 heteroatoms. The van der Waals surface area contributed by atoms with Crippen molar-refractivity contribution in [2.45, 2.75) is 39.0 Å². The third kappa shape index (κ3) is 3.17. The van der Waals surface area contributed by atoms with Gasteiger partial charge in [0.15, 0.2) is 0 Å². The van der Waals surface area contributed by atoms with Crippen molar-refractivity contribution in [3.63, 3.8) is 0 Å². The van der Waals surface area contributed by atoms with Crippen LogP contribution in [0.25, 0.3) is 22.3 Å². The second-order valence-corrected chi connectivity index (χ2v) is 7.52. The SMILES string of the molecule is CCCCCc1ccc2c(c1)Cc1c-2ccc(-c2ccc(Cl)cc2)c1F. The van der Waals surface area contributed by atoms with Crippen LogP contribution in [-0.4, -0.2) is 0 Å². The molecule has 1 aliphatic rings. The summed E-state index contributed by atoms with van der Waals surface area (Å²) in [6.45, 7) is 2.22. The molecule has 0 unspecified atom stereocenters. The maximum Gasteiger partial charge on any atom is 0.135 e. The number of hydrogen-bond donors (Lipinski definition) is 0. The largest absolute Gasteiger partial charge is 0.206 e. The lowest BCUT2D eigenvalue weighted by Crippen LogP contribution is -1.92. The van der Waals surface area contributed by atoms with Crippen LogP contribution >= 0.6 is 11.6 Å². The molecule has 0 aromatic heterocycles. The molecule has 0 radical (unpaired) electrons. The number of aryl methyl sites for hydroxylation is 1. The smallest absolute Gasteiger partial charge is 0.135 e. The first-order chi connectivity index (χ1) is 12.7. The molecule has 3 aromatic carbocycles. The Morgan fingerprint density at radius 2 is 1.62 bits per heavy atom. The van der Waals surface area contributed by atoms with E-state index in [1.807, 2.05) is 18.2 Å². The van der Waals surface area contributed by atoms with Crippen molar-refractivity contribution >= 4 is 11.6 Å². The fraction of sp³-hybridized carbons (Fsp3) is 0.250. The van der Waals surface area contributed by atoms with E-state index in [9.17, 15) is 0 Å². The first kappa shape index (κ1) is 17.3. The summed E-state index contributed by atoms with van der Waals surface area (Å²) in [5.74, 6) is -0.103. The molecule has 0 nitrogen and oxygen atoms in total. The maximum absolute atomic E-state index is 15.2. The van der Waals surface area contributed by atoms with Gasteiger partial charge in [-0.05, 0) is 52.8 Å². The Balaban J connectivity index is 1.66. The summed E-state index contributed by atoms with van der Waals surface area (Å²) >= 11 is 5.96. The second-order valence-electron chi connectivity index (χ2n) is 7.09. The minimum Gasteiger partial charge on any atom is -0.206 e. The molecule has 3 aromatic rings. The van der Waals surface area contributed by atoms with Crippen LogP contribution in [0.2, 0.25) is 5.02 Å². The lowest BCUT2D eigenvalue weighted by atomic mass is 9.98. The predicted molar refractivity (Wildman–Crippen MR) is 108 cm³/mol. The summed E-state index contributed by atoms with van der Waals surface area (Å²) in [6, 6.07) is 18.0. The van der Waals surface area contributed by atoms with Crippen LogP contribution in [-0.2, 0) is 12.8 Å². The van der Waals surface area contributed by atoms with E-state index in [0.717, 1.165) is 23.1 Å². The molecule has 4 rings (SSSR count). The van der Waals surface area contributed by atoms with Crippen LogP contribution in [0.15, 0.2) is 54.6 Å². The van der Waals surface area contributed by atoms with Gasteiger partial charge in [-0.15, -0.1) is 0 Å². The van der Waals surface area contributed by atoms with Crippen molar-refractivity contribution in [2.75, 3.05) is 0 Å². The van der Waals surface area contributed by atoms with Crippen LogP contribution in [0.5, 0.6) is 0 Å². The van der Waals surface area contributed by atoms with E-state index in [0.29, 0.717) is 17.0 Å². The molecule has 0 saturated heterocycles. The van der Waals surface area contributed by atoms with E-state index in [2.05, 4.69) is 31.2 Å². The van der Waals surface area contributed by atoms with Gasteiger partial charge in [0.05, 0.1) is 0 Å². The highest BCUT2D eigenvalue weighted by atomic mass is 35.5. The highest BCUT2D eigenvalue weighted by Crippen LogP contribution is 2.41. The number of halogens is 2. The number of fused-ring (bicyclic) bond motifs is 3. The van der Waals surface area contributed by atoms with Crippen molar-refractivity contribution in [1.29, 1.82) is 0 Å². The molecule has 132 valence electrons. The van der Waals surface area contributed by atoms with E-state index in [1.165, 1.54) is 36.0 Å². The molecule has 0 heterocycles. The normalized spacial score (nSPS) is 12.1. The van der Waals surface area contributed by atoms with Crippen LogP contribution in [0.3, 0.4) is 0 Å². The fourth-order valence-electron chi connectivity index (χ4n) is 3.88. The van der Waals surface area contributed by atoms with Crippen molar-refractivity contribution in [2.24, 2.45) is 0 Å². The van der Waals surface area contributed by atoms with Gasteiger partial charge < -0.3 is 0 Å². The molecule has 0 bridgehead atoms. The lowest BCUT2D eigenvalue weighted by molar-refractivity contribution is 0.620. The Bertz CT molecular complexity index is 941. The van der Waals surface area contributed by atoms with Crippen molar-refractivity contribution in [3.05, 3.63) is 82.1 Å². The molecule has 1 aliphatic carbocycles. The lowest BCUT2D eigenvalue weighted by Gasteiger charge is -2.09. The van der Waals surface area contributed by atoms with Crippen molar-refractivity contribution in [1.82, 2.24) is 0 Å². The highest BCUT2D eigenvalue weighted by Gasteiger charge is 2.24. The van der Waals surface area contributed by atoms with Crippen LogP contribution in [0.1, 0.15) is 42.9 Å². The quantitative estimate of drug-likeness (QED) is 0.322. The first-order valence-corrected chi connectivity index (χ1v) is 9.74. The standard InChI is InChI=1S/C24H22ClF/c1-2-3-4-5-16-6-11-20-18(14-16)15-23-22(20)13-12-21(24(23)26)17-7-9-19(25)10-8-17/h6-14H,2-5,15H2,1H3. The summed E-state index contributed by atoms with van der Waals surface area (Å²) in [6.07, 6.45) is 5.50. The van der Waals surface area contributed by atoms with E-state index in [-0.39, 0.29) is 5.82 Å². The molecule has 0 fully saturated rings. The topological polar surface area (TPSA) is 0 Å². The van der Waals surface area contributed by atoms with Gasteiger partial charge in [0.1, 0.15) is 5.82 Å². The van der Waals surface area contributed by atoms with Crippen molar-refractivity contribution in [3.8, 4) is 22.3 Å². The number of rotatable bonds is 5. The Labute approximate surface area is 159 Å². The Kier molecular flexibility index (Phi) is 4.82. The minimum absolute atomic E-state index is 0.103. The fourth-order valence-corrected chi connectivity index (χ4v) is 4.01. The van der Waals surface area contributed by atoms with Gasteiger partial charge in [0.25, 0.3) is 0 Å². The third-order valence-corrected chi connectivity index (χ3v) is 5.55. The summed E-state index contributed by atoms with van der Waals surface area (Å²) < 4.78 is 15.2.